The lowest BCUT2D eigenvalue weighted by Crippen LogP contribution is -2.25. The number of nitro groups is 1. The van der Waals surface area contributed by atoms with Crippen LogP contribution in [0.5, 0.6) is 5.88 Å². The Bertz CT molecular complexity index is 1350. The van der Waals surface area contributed by atoms with E-state index in [-0.39, 0.29) is 45.8 Å². The van der Waals surface area contributed by atoms with Crippen LogP contribution in [0.15, 0.2) is 44.3 Å². The number of amides is 1. The van der Waals surface area contributed by atoms with Crippen LogP contribution < -0.4 is 10.2 Å². The minimum Gasteiger partial charge on any atom is -0.467 e. The lowest BCUT2D eigenvalue weighted by Gasteiger charge is -2.13. The molecule has 0 atom stereocenters. The Kier molecular flexibility index (Phi) is 8.53. The molecule has 3 aromatic rings. The Hall–Kier alpha value is -3.79. The second kappa shape index (κ2) is 11.6. The first-order chi connectivity index (χ1) is 16.7. The molecule has 2 aromatic heterocycles. The van der Waals surface area contributed by atoms with E-state index in [1.54, 1.807) is 6.92 Å². The summed E-state index contributed by atoms with van der Waals surface area (Å²) in [5.41, 5.74) is 3.59. The fourth-order valence-electron chi connectivity index (χ4n) is 2.98. The van der Waals surface area contributed by atoms with Gasteiger partial charge in [-0.2, -0.15) is 10.4 Å². The molecule has 0 unspecified atom stereocenters. The van der Waals surface area contributed by atoms with Crippen LogP contribution in [0.2, 0.25) is 5.02 Å². The molecule has 11 nitrogen and oxygen atoms in total. The monoisotopic (exact) mass is 561 g/mol. The van der Waals surface area contributed by atoms with E-state index < -0.39 is 17.4 Å². The number of benzene rings is 1. The zero-order chi connectivity index (χ0) is 25.5. The predicted molar refractivity (Wildman–Crippen MR) is 129 cm³/mol. The van der Waals surface area contributed by atoms with Gasteiger partial charge >= 0.3 is 0 Å². The summed E-state index contributed by atoms with van der Waals surface area (Å²) in [6, 6.07) is 9.30. The van der Waals surface area contributed by atoms with Crippen molar-refractivity contribution in [1.29, 1.82) is 5.26 Å². The molecule has 0 saturated carbocycles. The van der Waals surface area contributed by atoms with E-state index in [1.807, 2.05) is 6.07 Å². The molecule has 0 radical (unpaired) electrons. The molecule has 0 aliphatic carbocycles. The van der Waals surface area contributed by atoms with Gasteiger partial charge in [-0.1, -0.05) is 11.6 Å². The maximum absolute atomic E-state index is 12.1. The fourth-order valence-corrected chi connectivity index (χ4v) is 3.55. The van der Waals surface area contributed by atoms with Gasteiger partial charge in [-0.05, 0) is 47.1 Å². The number of carbonyl (C=O) groups is 1. The van der Waals surface area contributed by atoms with Gasteiger partial charge in [0, 0.05) is 28.2 Å². The smallest absolute Gasteiger partial charge is 0.281 e. The summed E-state index contributed by atoms with van der Waals surface area (Å²) < 4.78 is 16.7. The van der Waals surface area contributed by atoms with Gasteiger partial charge in [0.05, 0.1) is 29.0 Å². The van der Waals surface area contributed by atoms with E-state index in [1.165, 1.54) is 43.7 Å². The molecule has 0 aliphatic heterocycles. The number of carbonyl (C=O) groups excluding carboxylic acids is 1. The highest BCUT2D eigenvalue weighted by molar-refractivity contribution is 9.10. The topological polar surface area (TPSA) is 153 Å². The molecule has 2 heterocycles. The molecule has 1 N–H and O–H groups in total. The zero-order valence-electron chi connectivity index (χ0n) is 18.4. The van der Waals surface area contributed by atoms with Gasteiger partial charge in [0.2, 0.25) is 5.88 Å². The predicted octanol–water partition coefficient (Wildman–Crippen LogP) is 4.52. The number of furan rings is 1. The average Bonchev–Trinajstić information content (AvgIpc) is 3.29. The van der Waals surface area contributed by atoms with E-state index >= 15 is 0 Å². The number of hydrogen-bond donors (Lipinski definition) is 1. The summed E-state index contributed by atoms with van der Waals surface area (Å²) in [7, 11) is 1.49. The first-order valence-corrected chi connectivity index (χ1v) is 11.0. The molecule has 0 spiro atoms. The normalized spacial score (nSPS) is 10.8. The van der Waals surface area contributed by atoms with Gasteiger partial charge in [-0.15, -0.1) is 0 Å². The second-order valence-electron chi connectivity index (χ2n) is 6.92. The maximum atomic E-state index is 12.1. The molecule has 0 bridgehead atoms. The van der Waals surface area contributed by atoms with Crippen LogP contribution in [0.1, 0.15) is 22.6 Å². The number of hydrogen-bond acceptors (Lipinski definition) is 9. The zero-order valence-corrected chi connectivity index (χ0v) is 20.7. The highest BCUT2D eigenvalue weighted by Gasteiger charge is 2.20. The molecule has 13 heteroatoms. The number of ether oxygens (including phenoxy) is 2. The first-order valence-electron chi connectivity index (χ1n) is 9.82. The average molecular weight is 563 g/mol. The Morgan fingerprint density at radius 2 is 2.20 bits per heavy atom. The molecule has 180 valence electrons. The van der Waals surface area contributed by atoms with E-state index in [4.69, 9.17) is 25.5 Å². The SMILES string of the molecule is COCc1c(Br)c(C)nc(OCC(=O)N/N=C/c2ccc(-c3ccc(Cl)cc3[N+](=O)[O-])o2)c1C#N. The van der Waals surface area contributed by atoms with Crippen molar-refractivity contribution in [3.63, 3.8) is 0 Å². The minimum atomic E-state index is -0.610. The van der Waals surface area contributed by atoms with Gasteiger partial charge in [0.25, 0.3) is 11.6 Å². The number of aromatic nitrogens is 1. The molecule has 1 aromatic carbocycles. The molecule has 0 saturated heterocycles. The van der Waals surface area contributed by atoms with Crippen molar-refractivity contribution in [1.82, 2.24) is 10.4 Å². The molecule has 3 rings (SSSR count). The van der Waals surface area contributed by atoms with Crippen molar-refractivity contribution in [3.8, 4) is 23.3 Å². The van der Waals surface area contributed by atoms with Crippen LogP contribution in [-0.2, 0) is 16.1 Å². The second-order valence-corrected chi connectivity index (χ2v) is 8.15. The first kappa shape index (κ1) is 25.8. The molecular formula is C22H17BrClN5O6. The number of halogens is 2. The van der Waals surface area contributed by atoms with E-state index in [9.17, 15) is 20.2 Å². The molecular weight excluding hydrogens is 546 g/mol. The van der Waals surface area contributed by atoms with Crippen LogP contribution >= 0.6 is 27.5 Å². The van der Waals surface area contributed by atoms with Crippen LogP contribution in [0.25, 0.3) is 11.3 Å². The Morgan fingerprint density at radius 3 is 2.89 bits per heavy atom. The molecule has 35 heavy (non-hydrogen) atoms. The maximum Gasteiger partial charge on any atom is 0.281 e. The summed E-state index contributed by atoms with van der Waals surface area (Å²) in [6.07, 6.45) is 1.22. The van der Waals surface area contributed by atoms with Crippen molar-refractivity contribution in [3.05, 3.63) is 72.5 Å². The van der Waals surface area contributed by atoms with Crippen molar-refractivity contribution in [2.75, 3.05) is 13.7 Å². The van der Waals surface area contributed by atoms with Gasteiger partial charge in [-0.3, -0.25) is 14.9 Å². The Morgan fingerprint density at radius 1 is 1.43 bits per heavy atom. The van der Waals surface area contributed by atoms with E-state index in [2.05, 4.69) is 31.4 Å². The quantitative estimate of drug-likeness (QED) is 0.227. The number of rotatable bonds is 9. The van der Waals surface area contributed by atoms with Crippen LogP contribution in [0, 0.1) is 28.4 Å². The van der Waals surface area contributed by atoms with Crippen molar-refractivity contribution >= 4 is 45.3 Å². The van der Waals surface area contributed by atoms with Crippen LogP contribution in [0.4, 0.5) is 5.69 Å². The number of hydrazone groups is 1. The third-order valence-corrected chi connectivity index (χ3v) is 5.83. The number of aryl methyl sites for hydroxylation is 1. The van der Waals surface area contributed by atoms with E-state index in [0.29, 0.717) is 15.7 Å². The lowest BCUT2D eigenvalue weighted by molar-refractivity contribution is -0.384. The third kappa shape index (κ3) is 6.21. The molecule has 0 aliphatic rings. The summed E-state index contributed by atoms with van der Waals surface area (Å²) in [6.45, 7) is 1.43. The number of nitriles is 1. The van der Waals surface area contributed by atoms with Gasteiger partial charge in [0.1, 0.15) is 23.2 Å². The van der Waals surface area contributed by atoms with Gasteiger partial charge in [-0.25, -0.2) is 10.4 Å². The number of pyridine rings is 1. The van der Waals surface area contributed by atoms with Gasteiger partial charge in [0.15, 0.2) is 6.61 Å². The number of nitrogens with zero attached hydrogens (tertiary/aromatic N) is 4. The fraction of sp³-hybridized carbons (Fsp3) is 0.182. The number of nitrogens with one attached hydrogen (secondary N) is 1. The minimum absolute atomic E-state index is 0.000357. The summed E-state index contributed by atoms with van der Waals surface area (Å²) in [5, 5.41) is 24.8. The number of methoxy groups -OCH3 is 1. The summed E-state index contributed by atoms with van der Waals surface area (Å²) >= 11 is 9.21. The van der Waals surface area contributed by atoms with Crippen LogP contribution in [0.3, 0.4) is 0 Å². The third-order valence-electron chi connectivity index (χ3n) is 4.54. The summed E-state index contributed by atoms with van der Waals surface area (Å²) in [4.78, 5) is 27.1. The largest absolute Gasteiger partial charge is 0.467 e. The molecule has 0 fully saturated rings. The number of nitro benzene ring substituents is 1. The van der Waals surface area contributed by atoms with Crippen LogP contribution in [-0.4, -0.2) is 35.7 Å². The Balaban J connectivity index is 1.65. The van der Waals surface area contributed by atoms with Crippen molar-refractivity contribution in [2.45, 2.75) is 13.5 Å². The highest BCUT2D eigenvalue weighted by atomic mass is 79.9. The molecule has 1 amide bonds. The Labute approximate surface area is 212 Å². The standard InChI is InChI=1S/C22H17BrClN5O6/c1-12-21(23)17(10-33-2)16(8-25)22(27-12)34-11-20(30)28-26-9-14-4-6-19(35-14)15-5-3-13(24)7-18(15)29(31)32/h3-7,9H,10-11H2,1-2H3,(H,28,30)/b26-9+. The lowest BCUT2D eigenvalue weighted by atomic mass is 10.1. The van der Waals surface area contributed by atoms with Crippen molar-refractivity contribution in [2.24, 2.45) is 5.10 Å². The van der Waals surface area contributed by atoms with E-state index in [0.717, 1.165) is 0 Å². The highest BCUT2D eigenvalue weighted by Crippen LogP contribution is 2.33. The summed E-state index contributed by atoms with van der Waals surface area (Å²) in [5.74, 6) is -0.135. The van der Waals surface area contributed by atoms with Gasteiger partial charge < -0.3 is 13.9 Å². The van der Waals surface area contributed by atoms with Crippen molar-refractivity contribution < 1.29 is 23.6 Å².